The molecule has 3 aromatic carbocycles. The molecule has 0 aliphatic carbocycles. The van der Waals surface area contributed by atoms with Crippen molar-refractivity contribution in [2.45, 2.75) is 25.9 Å². The number of carbonyl (C=O) groups is 2. The van der Waals surface area contributed by atoms with Crippen molar-refractivity contribution >= 4 is 23.2 Å². The quantitative estimate of drug-likeness (QED) is 0.618. The van der Waals surface area contributed by atoms with Gasteiger partial charge in [0.15, 0.2) is 0 Å². The molecule has 0 aromatic heterocycles. The number of benzene rings is 3. The zero-order valence-corrected chi connectivity index (χ0v) is 19.5. The van der Waals surface area contributed by atoms with Crippen molar-refractivity contribution in [3.8, 4) is 5.75 Å². The lowest BCUT2D eigenvalue weighted by Gasteiger charge is -2.23. The second kappa shape index (κ2) is 9.36. The molecule has 0 bridgehead atoms. The molecule has 0 fully saturated rings. The SMILES string of the molecule is COc1ccc(C(=O)N2c3cc(CNC(=O)c4cccc(N(C)C)c4)ccc3C[C@H]2C)cc1. The van der Waals surface area contributed by atoms with Gasteiger partial charge in [-0.05, 0) is 73.0 Å². The second-order valence-corrected chi connectivity index (χ2v) is 8.55. The predicted molar refractivity (Wildman–Crippen MR) is 131 cm³/mol. The van der Waals surface area contributed by atoms with Gasteiger partial charge in [0, 0.05) is 49.2 Å². The molecule has 1 aliphatic heterocycles. The summed E-state index contributed by atoms with van der Waals surface area (Å²) in [6, 6.07) is 20.8. The highest BCUT2D eigenvalue weighted by Gasteiger charge is 2.31. The number of anilines is 2. The van der Waals surface area contributed by atoms with Gasteiger partial charge in [0.05, 0.1) is 7.11 Å². The van der Waals surface area contributed by atoms with Crippen molar-refractivity contribution in [2.75, 3.05) is 31.0 Å². The third-order valence-corrected chi connectivity index (χ3v) is 6.00. The number of nitrogens with one attached hydrogen (secondary N) is 1. The molecule has 0 saturated carbocycles. The maximum Gasteiger partial charge on any atom is 0.258 e. The monoisotopic (exact) mass is 443 g/mol. The molecule has 3 aromatic rings. The summed E-state index contributed by atoms with van der Waals surface area (Å²) in [5.74, 6) is 0.555. The number of nitrogens with zero attached hydrogens (tertiary/aromatic N) is 2. The third-order valence-electron chi connectivity index (χ3n) is 6.00. The van der Waals surface area contributed by atoms with Gasteiger partial charge in [0.2, 0.25) is 0 Å². The van der Waals surface area contributed by atoms with E-state index in [0.29, 0.717) is 17.7 Å². The van der Waals surface area contributed by atoms with E-state index in [-0.39, 0.29) is 17.9 Å². The molecule has 2 amide bonds. The first-order chi connectivity index (χ1) is 15.9. The maximum atomic E-state index is 13.3. The summed E-state index contributed by atoms with van der Waals surface area (Å²) in [4.78, 5) is 29.8. The smallest absolute Gasteiger partial charge is 0.258 e. The van der Waals surface area contributed by atoms with E-state index < -0.39 is 0 Å². The van der Waals surface area contributed by atoms with Gasteiger partial charge in [-0.2, -0.15) is 0 Å². The number of fused-ring (bicyclic) bond motifs is 1. The Bertz CT molecular complexity index is 1170. The highest BCUT2D eigenvalue weighted by Crippen LogP contribution is 2.34. The molecule has 1 atom stereocenters. The molecular weight excluding hydrogens is 414 g/mol. The zero-order valence-electron chi connectivity index (χ0n) is 19.5. The van der Waals surface area contributed by atoms with Crippen LogP contribution in [-0.2, 0) is 13.0 Å². The van der Waals surface area contributed by atoms with Crippen LogP contribution in [0.5, 0.6) is 5.75 Å². The van der Waals surface area contributed by atoms with Crippen LogP contribution < -0.4 is 19.9 Å². The third kappa shape index (κ3) is 4.70. The van der Waals surface area contributed by atoms with Crippen LogP contribution in [0.25, 0.3) is 0 Å². The maximum absolute atomic E-state index is 13.3. The summed E-state index contributed by atoms with van der Waals surface area (Å²) >= 11 is 0. The topological polar surface area (TPSA) is 61.9 Å². The fraction of sp³-hybridized carbons (Fsp3) is 0.259. The van der Waals surface area contributed by atoms with Crippen molar-refractivity contribution in [2.24, 2.45) is 0 Å². The summed E-state index contributed by atoms with van der Waals surface area (Å²) in [6.07, 6.45) is 0.807. The van der Waals surface area contributed by atoms with Crippen molar-refractivity contribution in [3.05, 3.63) is 89.0 Å². The summed E-state index contributed by atoms with van der Waals surface area (Å²) in [5, 5.41) is 3.00. The number of carbonyl (C=O) groups excluding carboxylic acids is 2. The Morgan fingerprint density at radius 2 is 1.79 bits per heavy atom. The Kier molecular flexibility index (Phi) is 6.36. The van der Waals surface area contributed by atoms with Crippen LogP contribution in [0.15, 0.2) is 66.7 Å². The van der Waals surface area contributed by atoms with Crippen LogP contribution in [0, 0.1) is 0 Å². The summed E-state index contributed by atoms with van der Waals surface area (Å²) in [5.41, 5.74) is 5.21. The lowest BCUT2D eigenvalue weighted by atomic mass is 10.1. The molecule has 170 valence electrons. The minimum Gasteiger partial charge on any atom is -0.497 e. The van der Waals surface area contributed by atoms with Gasteiger partial charge in [-0.25, -0.2) is 0 Å². The average Bonchev–Trinajstić information content (AvgIpc) is 3.17. The molecule has 6 nitrogen and oxygen atoms in total. The zero-order chi connectivity index (χ0) is 23.5. The Morgan fingerprint density at radius 1 is 1.03 bits per heavy atom. The van der Waals surface area contributed by atoms with E-state index in [9.17, 15) is 9.59 Å². The predicted octanol–water partition coefficient (Wildman–Crippen LogP) is 4.28. The Hall–Kier alpha value is -3.80. The van der Waals surface area contributed by atoms with Crippen LogP contribution in [0.4, 0.5) is 11.4 Å². The Morgan fingerprint density at radius 3 is 2.48 bits per heavy atom. The highest BCUT2D eigenvalue weighted by molar-refractivity contribution is 6.08. The molecule has 1 heterocycles. The number of hydrogen-bond acceptors (Lipinski definition) is 4. The van der Waals surface area contributed by atoms with Gasteiger partial charge in [-0.1, -0.05) is 18.2 Å². The highest BCUT2D eigenvalue weighted by atomic mass is 16.5. The van der Waals surface area contributed by atoms with Crippen molar-refractivity contribution in [1.82, 2.24) is 5.32 Å². The van der Waals surface area contributed by atoms with Crippen LogP contribution in [0.3, 0.4) is 0 Å². The van der Waals surface area contributed by atoms with E-state index in [1.165, 1.54) is 0 Å². The van der Waals surface area contributed by atoms with Gasteiger partial charge in [0.1, 0.15) is 5.75 Å². The summed E-state index contributed by atoms with van der Waals surface area (Å²) < 4.78 is 5.20. The van der Waals surface area contributed by atoms with E-state index in [2.05, 4.69) is 18.3 Å². The fourth-order valence-corrected chi connectivity index (χ4v) is 4.16. The van der Waals surface area contributed by atoms with E-state index in [4.69, 9.17) is 4.74 Å². The van der Waals surface area contributed by atoms with Crippen molar-refractivity contribution in [3.63, 3.8) is 0 Å². The van der Waals surface area contributed by atoms with E-state index >= 15 is 0 Å². The van der Waals surface area contributed by atoms with Crippen LogP contribution in [-0.4, -0.2) is 39.1 Å². The number of hydrogen-bond donors (Lipinski definition) is 1. The van der Waals surface area contributed by atoms with Crippen molar-refractivity contribution in [1.29, 1.82) is 0 Å². The van der Waals surface area contributed by atoms with Gasteiger partial charge in [0.25, 0.3) is 11.8 Å². The standard InChI is InChI=1S/C27H29N3O3/c1-18-14-21-9-8-19(17-28-26(31)22-6-5-7-23(16-22)29(2)3)15-25(21)30(18)27(32)20-10-12-24(33-4)13-11-20/h5-13,15-16,18H,14,17H2,1-4H3,(H,28,31)/t18-/m1/s1. The van der Waals surface area contributed by atoms with Gasteiger partial charge >= 0.3 is 0 Å². The van der Waals surface area contributed by atoms with E-state index in [1.807, 2.05) is 60.3 Å². The minimum absolute atomic E-state index is 0.0365. The van der Waals surface area contributed by atoms with Gasteiger partial charge < -0.3 is 19.9 Å². The first-order valence-electron chi connectivity index (χ1n) is 11.0. The van der Waals surface area contributed by atoms with Crippen LogP contribution in [0.2, 0.25) is 0 Å². The number of rotatable bonds is 6. The molecule has 1 N–H and O–H groups in total. The first-order valence-corrected chi connectivity index (χ1v) is 11.0. The van der Waals surface area contributed by atoms with E-state index in [0.717, 1.165) is 34.7 Å². The summed E-state index contributed by atoms with van der Waals surface area (Å²) in [6.45, 7) is 2.44. The van der Waals surface area contributed by atoms with E-state index in [1.54, 1.807) is 31.4 Å². The van der Waals surface area contributed by atoms with Gasteiger partial charge in [-0.3, -0.25) is 9.59 Å². The molecule has 0 saturated heterocycles. The molecule has 0 unspecified atom stereocenters. The fourth-order valence-electron chi connectivity index (χ4n) is 4.16. The summed E-state index contributed by atoms with van der Waals surface area (Å²) in [7, 11) is 5.50. The normalized spacial score (nSPS) is 14.5. The second-order valence-electron chi connectivity index (χ2n) is 8.55. The molecule has 0 spiro atoms. The lowest BCUT2D eigenvalue weighted by molar-refractivity contribution is 0.0948. The molecule has 4 rings (SSSR count). The Labute approximate surface area is 194 Å². The lowest BCUT2D eigenvalue weighted by Crippen LogP contribution is -2.35. The van der Waals surface area contributed by atoms with Crippen molar-refractivity contribution < 1.29 is 14.3 Å². The largest absolute Gasteiger partial charge is 0.497 e. The molecule has 33 heavy (non-hydrogen) atoms. The minimum atomic E-state index is -0.126. The number of ether oxygens (including phenoxy) is 1. The molecular formula is C27H29N3O3. The van der Waals surface area contributed by atoms with Gasteiger partial charge in [-0.15, -0.1) is 0 Å². The number of methoxy groups -OCH3 is 1. The Balaban J connectivity index is 1.50. The van der Waals surface area contributed by atoms with Crippen LogP contribution >= 0.6 is 0 Å². The molecule has 6 heteroatoms. The van der Waals surface area contributed by atoms with Crippen LogP contribution in [0.1, 0.15) is 38.8 Å². The average molecular weight is 444 g/mol. The first kappa shape index (κ1) is 22.4. The molecule has 0 radical (unpaired) electrons. The number of amides is 2. The molecule has 1 aliphatic rings.